The van der Waals surface area contributed by atoms with Crippen LogP contribution in [0.3, 0.4) is 0 Å². The van der Waals surface area contributed by atoms with E-state index < -0.39 is 34.9 Å². The van der Waals surface area contributed by atoms with Crippen molar-refractivity contribution < 1.29 is 24.0 Å². The number of urea groups is 1. The number of ether oxygens (including phenoxy) is 1. The predicted molar refractivity (Wildman–Crippen MR) is 79.9 cm³/mol. The SMILES string of the molecule is CC(C)[C@H](OC(=O)c1ccc([N+](=O)[O-])cc1Cl)C(=O)NC(N)=O. The summed E-state index contributed by atoms with van der Waals surface area (Å²) in [5.74, 6) is -2.28. The van der Waals surface area contributed by atoms with Crippen LogP contribution in [0.4, 0.5) is 10.5 Å². The zero-order chi connectivity index (χ0) is 17.7. The van der Waals surface area contributed by atoms with Crippen LogP contribution in [0.15, 0.2) is 18.2 Å². The smallest absolute Gasteiger partial charge is 0.340 e. The molecule has 0 heterocycles. The van der Waals surface area contributed by atoms with Gasteiger partial charge in [-0.2, -0.15) is 0 Å². The number of imide groups is 1. The molecule has 1 atom stereocenters. The zero-order valence-corrected chi connectivity index (χ0v) is 13.0. The Labute approximate surface area is 135 Å². The van der Waals surface area contributed by atoms with E-state index in [4.69, 9.17) is 22.1 Å². The number of nitrogens with one attached hydrogen (secondary N) is 1. The topological polar surface area (TPSA) is 142 Å². The summed E-state index contributed by atoms with van der Waals surface area (Å²) in [5, 5.41) is 12.3. The van der Waals surface area contributed by atoms with Crippen LogP contribution in [-0.4, -0.2) is 28.9 Å². The van der Waals surface area contributed by atoms with Gasteiger partial charge < -0.3 is 10.5 Å². The Morgan fingerprint density at radius 1 is 1.35 bits per heavy atom. The van der Waals surface area contributed by atoms with Gasteiger partial charge in [0.25, 0.3) is 11.6 Å². The molecule has 0 unspecified atom stereocenters. The fourth-order valence-electron chi connectivity index (χ4n) is 1.65. The minimum Gasteiger partial charge on any atom is -0.448 e. The standard InChI is InChI=1S/C13H14ClN3O6/c1-6(2)10(11(18)16-13(15)20)23-12(19)8-4-3-7(17(21)22)5-9(8)14/h3-6,10H,1-2H3,(H3,15,16,18,20)/t10-/m0/s1. The Morgan fingerprint density at radius 2 is 1.96 bits per heavy atom. The fourth-order valence-corrected chi connectivity index (χ4v) is 1.90. The maximum atomic E-state index is 12.1. The number of nitro groups is 1. The van der Waals surface area contributed by atoms with Crippen molar-refractivity contribution in [2.45, 2.75) is 20.0 Å². The van der Waals surface area contributed by atoms with Gasteiger partial charge in [0.1, 0.15) is 0 Å². The number of amides is 3. The van der Waals surface area contributed by atoms with Gasteiger partial charge in [0.05, 0.1) is 15.5 Å². The van der Waals surface area contributed by atoms with E-state index in [0.29, 0.717) is 0 Å². The average molecular weight is 344 g/mol. The summed E-state index contributed by atoms with van der Waals surface area (Å²) in [5.41, 5.74) is 4.41. The number of esters is 1. The third-order valence-corrected chi connectivity index (χ3v) is 3.04. The van der Waals surface area contributed by atoms with Crippen molar-refractivity contribution >= 4 is 35.2 Å². The highest BCUT2D eigenvalue weighted by Crippen LogP contribution is 2.24. The van der Waals surface area contributed by atoms with Crippen molar-refractivity contribution in [3.05, 3.63) is 38.9 Å². The maximum Gasteiger partial charge on any atom is 0.340 e. The molecule has 1 rings (SSSR count). The number of carbonyl (C=O) groups is 3. The van der Waals surface area contributed by atoms with Crippen LogP contribution in [0.25, 0.3) is 0 Å². The molecule has 23 heavy (non-hydrogen) atoms. The highest BCUT2D eigenvalue weighted by atomic mass is 35.5. The molecule has 1 aromatic rings. The van der Waals surface area contributed by atoms with E-state index in [1.54, 1.807) is 13.8 Å². The van der Waals surface area contributed by atoms with E-state index in [2.05, 4.69) is 0 Å². The van der Waals surface area contributed by atoms with Crippen molar-refractivity contribution in [2.24, 2.45) is 11.7 Å². The average Bonchev–Trinajstić information content (AvgIpc) is 2.42. The van der Waals surface area contributed by atoms with Gasteiger partial charge in [-0.15, -0.1) is 0 Å². The van der Waals surface area contributed by atoms with Crippen LogP contribution < -0.4 is 11.1 Å². The summed E-state index contributed by atoms with van der Waals surface area (Å²) >= 11 is 5.82. The molecule has 3 amide bonds. The highest BCUT2D eigenvalue weighted by molar-refractivity contribution is 6.33. The normalized spacial score (nSPS) is 11.7. The van der Waals surface area contributed by atoms with Gasteiger partial charge in [-0.3, -0.25) is 20.2 Å². The quantitative estimate of drug-likeness (QED) is 0.472. The van der Waals surface area contributed by atoms with Gasteiger partial charge in [0, 0.05) is 12.1 Å². The van der Waals surface area contributed by atoms with Gasteiger partial charge in [-0.25, -0.2) is 9.59 Å². The Balaban J connectivity index is 2.97. The maximum absolute atomic E-state index is 12.1. The highest BCUT2D eigenvalue weighted by Gasteiger charge is 2.29. The van der Waals surface area contributed by atoms with E-state index in [0.717, 1.165) is 18.2 Å². The van der Waals surface area contributed by atoms with Crippen LogP contribution in [0.1, 0.15) is 24.2 Å². The van der Waals surface area contributed by atoms with Gasteiger partial charge in [0.2, 0.25) is 0 Å². The zero-order valence-electron chi connectivity index (χ0n) is 12.2. The van der Waals surface area contributed by atoms with Gasteiger partial charge in [0.15, 0.2) is 6.10 Å². The first-order valence-corrected chi connectivity index (χ1v) is 6.76. The van der Waals surface area contributed by atoms with E-state index in [1.807, 2.05) is 5.32 Å². The van der Waals surface area contributed by atoms with E-state index in [9.17, 15) is 24.5 Å². The number of primary amides is 1. The van der Waals surface area contributed by atoms with Crippen molar-refractivity contribution in [3.8, 4) is 0 Å². The number of halogens is 1. The molecule has 0 radical (unpaired) electrons. The molecule has 0 aliphatic carbocycles. The number of carbonyl (C=O) groups excluding carboxylic acids is 3. The number of hydrogen-bond donors (Lipinski definition) is 2. The molecule has 9 nitrogen and oxygen atoms in total. The van der Waals surface area contributed by atoms with Crippen molar-refractivity contribution in [1.29, 1.82) is 0 Å². The summed E-state index contributed by atoms with van der Waals surface area (Å²) in [6.07, 6.45) is -1.28. The van der Waals surface area contributed by atoms with Crippen molar-refractivity contribution in [3.63, 3.8) is 0 Å². The molecule has 0 aliphatic rings. The second-order valence-electron chi connectivity index (χ2n) is 4.84. The Morgan fingerprint density at radius 3 is 2.39 bits per heavy atom. The molecule has 0 bridgehead atoms. The molecule has 0 saturated heterocycles. The number of nitrogens with zero attached hydrogens (tertiary/aromatic N) is 1. The van der Waals surface area contributed by atoms with E-state index in [-0.39, 0.29) is 16.3 Å². The molecule has 10 heteroatoms. The van der Waals surface area contributed by atoms with Crippen LogP contribution in [0, 0.1) is 16.0 Å². The monoisotopic (exact) mass is 343 g/mol. The first kappa shape index (κ1) is 18.4. The van der Waals surface area contributed by atoms with E-state index in [1.165, 1.54) is 0 Å². The number of non-ortho nitro benzene ring substituents is 1. The Bertz CT molecular complexity index is 661. The first-order valence-electron chi connectivity index (χ1n) is 6.38. The van der Waals surface area contributed by atoms with Crippen LogP contribution in [0.2, 0.25) is 5.02 Å². The molecule has 0 saturated carbocycles. The minimum absolute atomic E-state index is 0.144. The molecule has 0 fully saturated rings. The molecule has 0 aliphatic heterocycles. The lowest BCUT2D eigenvalue weighted by atomic mass is 10.1. The Hall–Kier alpha value is -2.68. The minimum atomic E-state index is -1.28. The molecule has 3 N–H and O–H groups in total. The lowest BCUT2D eigenvalue weighted by Gasteiger charge is -2.20. The summed E-state index contributed by atoms with van der Waals surface area (Å²) in [7, 11) is 0. The molecular weight excluding hydrogens is 330 g/mol. The molecular formula is C13H14ClN3O6. The summed E-state index contributed by atoms with van der Waals surface area (Å²) in [6, 6.07) is 2.11. The number of nitro benzene ring substituents is 1. The van der Waals surface area contributed by atoms with Crippen molar-refractivity contribution in [1.82, 2.24) is 5.32 Å². The second-order valence-corrected chi connectivity index (χ2v) is 5.25. The third-order valence-electron chi connectivity index (χ3n) is 2.73. The number of nitrogens with two attached hydrogens (primary N) is 1. The van der Waals surface area contributed by atoms with Crippen LogP contribution in [0.5, 0.6) is 0 Å². The fraction of sp³-hybridized carbons (Fsp3) is 0.308. The third kappa shape index (κ3) is 4.92. The molecule has 1 aromatic carbocycles. The molecule has 124 valence electrons. The van der Waals surface area contributed by atoms with Gasteiger partial charge in [-0.1, -0.05) is 25.4 Å². The summed E-state index contributed by atoms with van der Waals surface area (Å²) < 4.78 is 5.03. The number of hydrogen-bond acceptors (Lipinski definition) is 6. The summed E-state index contributed by atoms with van der Waals surface area (Å²) in [6.45, 7) is 3.19. The van der Waals surface area contributed by atoms with Gasteiger partial charge >= 0.3 is 12.0 Å². The number of rotatable bonds is 5. The summed E-state index contributed by atoms with van der Waals surface area (Å²) in [4.78, 5) is 44.5. The largest absolute Gasteiger partial charge is 0.448 e. The predicted octanol–water partition coefficient (Wildman–Crippen LogP) is 1.62. The molecule has 0 spiro atoms. The van der Waals surface area contributed by atoms with Crippen LogP contribution >= 0.6 is 11.6 Å². The van der Waals surface area contributed by atoms with Crippen LogP contribution in [-0.2, 0) is 9.53 Å². The first-order chi connectivity index (χ1) is 10.6. The lowest BCUT2D eigenvalue weighted by Crippen LogP contribution is -2.45. The van der Waals surface area contributed by atoms with Gasteiger partial charge in [-0.05, 0) is 12.0 Å². The van der Waals surface area contributed by atoms with E-state index >= 15 is 0 Å². The second kappa shape index (κ2) is 7.54. The Kier molecular flexibility index (Phi) is 6.02. The van der Waals surface area contributed by atoms with Crippen molar-refractivity contribution in [2.75, 3.05) is 0 Å². The molecule has 0 aromatic heterocycles. The lowest BCUT2D eigenvalue weighted by molar-refractivity contribution is -0.384. The number of benzene rings is 1.